The van der Waals surface area contributed by atoms with Crippen LogP contribution in [0.25, 0.3) is 22.6 Å². The van der Waals surface area contributed by atoms with Gasteiger partial charge in [-0.1, -0.05) is 11.6 Å². The van der Waals surface area contributed by atoms with Crippen molar-refractivity contribution >= 4 is 28.7 Å². The number of nitrogens with zero attached hydrogens (tertiary/aromatic N) is 5. The largest absolute Gasteiger partial charge is 0.423 e. The molecule has 0 saturated heterocycles. The summed E-state index contributed by atoms with van der Waals surface area (Å²) >= 11 is 5.73. The lowest BCUT2D eigenvalue weighted by atomic mass is 10.1. The summed E-state index contributed by atoms with van der Waals surface area (Å²) in [4.78, 5) is 21.0. The number of nitrogens with one attached hydrogen (secondary N) is 1. The van der Waals surface area contributed by atoms with E-state index in [1.807, 2.05) is 0 Å². The molecule has 3 aromatic heterocycles. The lowest BCUT2D eigenvalue weighted by Crippen LogP contribution is -2.11. The summed E-state index contributed by atoms with van der Waals surface area (Å²) in [6.45, 7) is 1.78. The molecule has 0 radical (unpaired) electrons. The molecule has 29 heavy (non-hydrogen) atoms. The van der Waals surface area contributed by atoms with Crippen molar-refractivity contribution in [2.45, 2.75) is 19.1 Å². The molecular weight excluding hydrogens is 409 g/mol. The van der Waals surface area contributed by atoms with Gasteiger partial charge in [-0.25, -0.2) is 15.0 Å². The minimum absolute atomic E-state index is 0.0217. The van der Waals surface area contributed by atoms with Gasteiger partial charge in [0.1, 0.15) is 11.2 Å². The van der Waals surface area contributed by atoms with Crippen LogP contribution in [0.4, 0.5) is 19.2 Å². The zero-order chi connectivity index (χ0) is 20.6. The first kappa shape index (κ1) is 19.1. The number of alkyl halides is 3. The first-order valence-corrected chi connectivity index (χ1v) is 8.73. The zero-order valence-electron chi connectivity index (χ0n) is 14.8. The van der Waals surface area contributed by atoms with Crippen LogP contribution in [0.1, 0.15) is 24.2 Å². The van der Waals surface area contributed by atoms with Gasteiger partial charge in [0.05, 0.1) is 22.3 Å². The van der Waals surface area contributed by atoms with Gasteiger partial charge < -0.3 is 9.73 Å². The standard InChI is InChI=1S/C18H12ClF3N6O/c1-9(14-15(24-6-5-23-14)16-25-3-2-4-26-16)27-17-28-12-7-10(18(20,21)22)11(19)8-13(12)29-17/h2-9H,1H3,(H,27,28). The minimum atomic E-state index is -4.59. The van der Waals surface area contributed by atoms with Gasteiger partial charge in [-0.15, -0.1) is 0 Å². The maximum Gasteiger partial charge on any atom is 0.417 e. The number of oxazole rings is 1. The molecule has 148 valence electrons. The van der Waals surface area contributed by atoms with Gasteiger partial charge in [0.2, 0.25) is 0 Å². The van der Waals surface area contributed by atoms with Crippen molar-refractivity contribution in [3.63, 3.8) is 0 Å². The Morgan fingerprint density at radius 2 is 1.76 bits per heavy atom. The topological polar surface area (TPSA) is 89.6 Å². The molecule has 0 bridgehead atoms. The summed E-state index contributed by atoms with van der Waals surface area (Å²) in [6, 6.07) is 3.19. The van der Waals surface area contributed by atoms with Gasteiger partial charge in [0.25, 0.3) is 6.01 Å². The van der Waals surface area contributed by atoms with E-state index in [4.69, 9.17) is 16.0 Å². The molecule has 0 aliphatic heterocycles. The van der Waals surface area contributed by atoms with Crippen LogP contribution in [0.2, 0.25) is 5.02 Å². The third kappa shape index (κ3) is 3.83. The summed E-state index contributed by atoms with van der Waals surface area (Å²) in [7, 11) is 0. The van der Waals surface area contributed by atoms with E-state index in [2.05, 4.69) is 30.2 Å². The van der Waals surface area contributed by atoms with Crippen LogP contribution >= 0.6 is 11.6 Å². The van der Waals surface area contributed by atoms with Crippen LogP contribution in [0, 0.1) is 0 Å². The smallest absolute Gasteiger partial charge is 0.417 e. The molecule has 0 fully saturated rings. The van der Waals surface area contributed by atoms with Crippen molar-refractivity contribution in [1.29, 1.82) is 0 Å². The minimum Gasteiger partial charge on any atom is -0.423 e. The second-order valence-corrected chi connectivity index (χ2v) is 6.45. The Morgan fingerprint density at radius 1 is 1.03 bits per heavy atom. The van der Waals surface area contributed by atoms with Crippen molar-refractivity contribution in [3.8, 4) is 11.5 Å². The van der Waals surface area contributed by atoms with Gasteiger partial charge in [-0.05, 0) is 19.1 Å². The Bertz CT molecular complexity index is 1170. The number of hydrogen-bond acceptors (Lipinski definition) is 7. The fraction of sp³-hybridized carbons (Fsp3) is 0.167. The highest BCUT2D eigenvalue weighted by Gasteiger charge is 2.34. The molecule has 4 rings (SSSR count). The third-order valence-corrected chi connectivity index (χ3v) is 4.35. The SMILES string of the molecule is CC(Nc1nc2cc(C(F)(F)F)c(Cl)cc2o1)c1nccnc1-c1ncccn1. The van der Waals surface area contributed by atoms with Crippen molar-refractivity contribution < 1.29 is 17.6 Å². The van der Waals surface area contributed by atoms with Crippen LogP contribution in [0.15, 0.2) is 47.4 Å². The number of anilines is 1. The third-order valence-electron chi connectivity index (χ3n) is 4.04. The lowest BCUT2D eigenvalue weighted by Gasteiger charge is -2.14. The highest BCUT2D eigenvalue weighted by molar-refractivity contribution is 6.32. The second kappa shape index (κ2) is 7.28. The van der Waals surface area contributed by atoms with E-state index >= 15 is 0 Å². The van der Waals surface area contributed by atoms with E-state index < -0.39 is 22.8 Å². The van der Waals surface area contributed by atoms with E-state index in [-0.39, 0.29) is 17.1 Å². The van der Waals surface area contributed by atoms with Gasteiger partial charge in [0, 0.05) is 30.9 Å². The number of rotatable bonds is 4. The van der Waals surface area contributed by atoms with Crippen molar-refractivity contribution in [1.82, 2.24) is 24.9 Å². The fourth-order valence-corrected chi connectivity index (χ4v) is 3.00. The number of benzene rings is 1. The maximum atomic E-state index is 13.0. The molecule has 0 spiro atoms. The molecule has 11 heteroatoms. The van der Waals surface area contributed by atoms with E-state index in [9.17, 15) is 13.2 Å². The van der Waals surface area contributed by atoms with Crippen molar-refractivity contribution in [2.24, 2.45) is 0 Å². The Kier molecular flexibility index (Phi) is 4.79. The summed E-state index contributed by atoms with van der Waals surface area (Å²) in [6.07, 6.45) is 1.61. The number of halogens is 4. The molecule has 3 heterocycles. The lowest BCUT2D eigenvalue weighted by molar-refractivity contribution is -0.137. The van der Waals surface area contributed by atoms with Gasteiger partial charge in [-0.2, -0.15) is 18.2 Å². The molecule has 1 atom stereocenters. The molecule has 0 amide bonds. The van der Waals surface area contributed by atoms with E-state index in [1.165, 1.54) is 12.4 Å². The Hall–Kier alpha value is -3.27. The zero-order valence-corrected chi connectivity index (χ0v) is 15.5. The molecule has 1 unspecified atom stereocenters. The monoisotopic (exact) mass is 420 g/mol. The number of aromatic nitrogens is 5. The predicted octanol–water partition coefficient (Wildman–Crippen LogP) is 4.92. The van der Waals surface area contributed by atoms with Gasteiger partial charge >= 0.3 is 6.18 Å². The van der Waals surface area contributed by atoms with Crippen LogP contribution in [-0.4, -0.2) is 24.9 Å². The van der Waals surface area contributed by atoms with Gasteiger partial charge in [-0.3, -0.25) is 4.98 Å². The van der Waals surface area contributed by atoms with E-state index in [1.54, 1.807) is 25.4 Å². The molecule has 0 aliphatic carbocycles. The highest BCUT2D eigenvalue weighted by atomic mass is 35.5. The summed E-state index contributed by atoms with van der Waals surface area (Å²) in [5.41, 5.74) is 0.171. The number of hydrogen-bond donors (Lipinski definition) is 1. The predicted molar refractivity (Wildman–Crippen MR) is 99.1 cm³/mol. The molecular formula is C18H12ClF3N6O. The fourth-order valence-electron chi connectivity index (χ4n) is 2.74. The second-order valence-electron chi connectivity index (χ2n) is 6.05. The first-order valence-electron chi connectivity index (χ1n) is 8.35. The van der Waals surface area contributed by atoms with Gasteiger partial charge in [0.15, 0.2) is 11.4 Å². The average molecular weight is 421 g/mol. The molecule has 0 saturated carbocycles. The normalized spacial score (nSPS) is 12.9. The Labute approximate surface area is 167 Å². The molecule has 7 nitrogen and oxygen atoms in total. The Morgan fingerprint density at radius 3 is 2.48 bits per heavy atom. The van der Waals surface area contributed by atoms with Crippen LogP contribution in [0.5, 0.6) is 0 Å². The summed E-state index contributed by atoms with van der Waals surface area (Å²) < 4.78 is 44.6. The van der Waals surface area contributed by atoms with E-state index in [0.29, 0.717) is 17.2 Å². The quantitative estimate of drug-likeness (QED) is 0.501. The molecule has 1 aromatic carbocycles. The average Bonchev–Trinajstić information content (AvgIpc) is 3.08. The molecule has 0 aliphatic rings. The maximum absolute atomic E-state index is 13.0. The van der Waals surface area contributed by atoms with E-state index in [0.717, 1.165) is 12.1 Å². The first-order chi connectivity index (χ1) is 13.8. The number of fused-ring (bicyclic) bond motifs is 1. The molecule has 1 N–H and O–H groups in total. The van der Waals surface area contributed by atoms with Crippen molar-refractivity contribution in [2.75, 3.05) is 5.32 Å². The summed E-state index contributed by atoms with van der Waals surface area (Å²) in [5.74, 6) is 0.392. The highest BCUT2D eigenvalue weighted by Crippen LogP contribution is 2.37. The Balaban J connectivity index is 1.66. The van der Waals surface area contributed by atoms with Crippen LogP contribution in [0.3, 0.4) is 0 Å². The summed E-state index contributed by atoms with van der Waals surface area (Å²) in [5, 5.41) is 2.52. The molecule has 4 aromatic rings. The van der Waals surface area contributed by atoms with Crippen LogP contribution < -0.4 is 5.32 Å². The van der Waals surface area contributed by atoms with Crippen molar-refractivity contribution in [3.05, 3.63) is 59.3 Å². The van der Waals surface area contributed by atoms with Crippen LogP contribution in [-0.2, 0) is 6.18 Å².